The average Bonchev–Trinajstić information content (AvgIpc) is 2.29. The number of hydrogen-bond donors (Lipinski definition) is 2. The summed E-state index contributed by atoms with van der Waals surface area (Å²) in [6.45, 7) is 4.03. The normalized spacial score (nSPS) is 11.9. The van der Waals surface area contributed by atoms with Gasteiger partial charge in [-0.1, -0.05) is 12.1 Å². The van der Waals surface area contributed by atoms with Crippen molar-refractivity contribution in [3.63, 3.8) is 0 Å². The highest BCUT2D eigenvalue weighted by molar-refractivity contribution is 5.76. The quantitative estimate of drug-likeness (QED) is 0.783. The van der Waals surface area contributed by atoms with E-state index in [1.165, 1.54) is 0 Å². The zero-order chi connectivity index (χ0) is 12.7. The molecule has 1 atom stereocenters. The van der Waals surface area contributed by atoms with Gasteiger partial charge >= 0.3 is 0 Å². The molecule has 94 valence electrons. The van der Waals surface area contributed by atoms with Crippen LogP contribution in [0.3, 0.4) is 0 Å². The van der Waals surface area contributed by atoms with Gasteiger partial charge in [-0.3, -0.25) is 4.79 Å². The van der Waals surface area contributed by atoms with Crippen LogP contribution in [0, 0.1) is 6.92 Å². The Kier molecular flexibility index (Phi) is 5.49. The first kappa shape index (κ1) is 13.5. The third kappa shape index (κ3) is 5.36. The third-order valence-electron chi connectivity index (χ3n) is 2.27. The number of rotatable bonds is 6. The first-order valence-corrected chi connectivity index (χ1v) is 5.71. The van der Waals surface area contributed by atoms with E-state index in [9.17, 15) is 4.79 Å². The molecule has 0 heterocycles. The lowest BCUT2D eigenvalue weighted by Crippen LogP contribution is -2.35. The second kappa shape index (κ2) is 6.91. The summed E-state index contributed by atoms with van der Waals surface area (Å²) in [6.07, 6.45) is 0.290. The molecule has 0 aliphatic carbocycles. The second-order valence-electron chi connectivity index (χ2n) is 4.07. The van der Waals surface area contributed by atoms with Gasteiger partial charge in [0, 0.05) is 6.04 Å². The fourth-order valence-corrected chi connectivity index (χ4v) is 1.36. The number of aliphatic hydroxyl groups excluding tert-OH is 1. The highest BCUT2D eigenvalue weighted by Gasteiger charge is 2.05. The number of carbonyl (C=O) groups excluding carboxylic acids is 1. The van der Waals surface area contributed by atoms with Gasteiger partial charge in [0.2, 0.25) is 5.91 Å². The Labute approximate surface area is 102 Å². The Bertz CT molecular complexity index is 365. The number of ether oxygens (including phenoxy) is 1. The van der Waals surface area contributed by atoms with Crippen LogP contribution in [-0.4, -0.2) is 30.3 Å². The Morgan fingerprint density at radius 2 is 2.29 bits per heavy atom. The van der Waals surface area contributed by atoms with Gasteiger partial charge in [0.15, 0.2) is 0 Å². The Morgan fingerprint density at radius 3 is 2.94 bits per heavy atom. The molecule has 0 fully saturated rings. The Morgan fingerprint density at radius 1 is 1.53 bits per heavy atom. The summed E-state index contributed by atoms with van der Waals surface area (Å²) in [5.41, 5.74) is 1.13. The minimum atomic E-state index is -0.207. The summed E-state index contributed by atoms with van der Waals surface area (Å²) in [4.78, 5) is 11.4. The molecule has 4 nitrogen and oxygen atoms in total. The van der Waals surface area contributed by atoms with Crippen LogP contribution in [0.4, 0.5) is 0 Å². The number of aryl methyl sites for hydroxylation is 1. The number of benzene rings is 1. The molecular formula is C13H19NO3. The summed E-state index contributed by atoms with van der Waals surface area (Å²) in [5, 5.41) is 11.4. The maximum atomic E-state index is 11.4. The van der Waals surface area contributed by atoms with E-state index in [0.717, 1.165) is 11.3 Å². The molecule has 0 saturated heterocycles. The van der Waals surface area contributed by atoms with E-state index in [1.54, 1.807) is 6.92 Å². The molecule has 17 heavy (non-hydrogen) atoms. The molecule has 1 aromatic carbocycles. The zero-order valence-electron chi connectivity index (χ0n) is 10.3. The van der Waals surface area contributed by atoms with Crippen LogP contribution in [0.5, 0.6) is 5.75 Å². The summed E-state index contributed by atoms with van der Waals surface area (Å²) in [7, 11) is 0. The van der Waals surface area contributed by atoms with Gasteiger partial charge in [-0.25, -0.2) is 0 Å². The molecule has 0 aliphatic rings. The number of aliphatic hydroxyl groups is 1. The monoisotopic (exact) mass is 237 g/mol. The largest absolute Gasteiger partial charge is 0.493 e. The van der Waals surface area contributed by atoms with Crippen molar-refractivity contribution >= 4 is 5.91 Å². The van der Waals surface area contributed by atoms with Crippen molar-refractivity contribution in [1.29, 1.82) is 0 Å². The minimum absolute atomic E-state index is 0.0511. The van der Waals surface area contributed by atoms with Gasteiger partial charge < -0.3 is 15.2 Å². The van der Waals surface area contributed by atoms with Crippen molar-refractivity contribution in [2.24, 2.45) is 0 Å². The molecule has 0 saturated carbocycles. The van der Waals surface area contributed by atoms with Gasteiger partial charge in [-0.2, -0.15) is 0 Å². The maximum Gasteiger partial charge on any atom is 0.223 e. The van der Waals surface area contributed by atoms with Crippen LogP contribution in [-0.2, 0) is 4.79 Å². The van der Waals surface area contributed by atoms with Gasteiger partial charge in [0.05, 0.1) is 19.6 Å². The van der Waals surface area contributed by atoms with Gasteiger partial charge in [-0.15, -0.1) is 0 Å². The molecule has 1 aromatic rings. The molecule has 0 unspecified atom stereocenters. The predicted molar refractivity (Wildman–Crippen MR) is 66.0 cm³/mol. The van der Waals surface area contributed by atoms with E-state index in [-0.39, 0.29) is 25.0 Å². The number of hydrogen-bond acceptors (Lipinski definition) is 3. The lowest BCUT2D eigenvalue weighted by molar-refractivity contribution is -0.122. The molecule has 0 radical (unpaired) electrons. The van der Waals surface area contributed by atoms with Crippen molar-refractivity contribution in [3.8, 4) is 5.75 Å². The lowest BCUT2D eigenvalue weighted by Gasteiger charge is -2.11. The van der Waals surface area contributed by atoms with E-state index in [2.05, 4.69) is 5.32 Å². The minimum Gasteiger partial charge on any atom is -0.493 e. The first-order chi connectivity index (χ1) is 8.11. The SMILES string of the molecule is Cc1cccc(OCCC(=O)N[C@H](C)CO)c1. The summed E-state index contributed by atoms with van der Waals surface area (Å²) >= 11 is 0. The summed E-state index contributed by atoms with van der Waals surface area (Å²) in [5.74, 6) is 0.659. The van der Waals surface area contributed by atoms with E-state index in [0.29, 0.717) is 6.61 Å². The molecule has 1 rings (SSSR count). The maximum absolute atomic E-state index is 11.4. The molecule has 2 N–H and O–H groups in total. The van der Waals surface area contributed by atoms with Crippen molar-refractivity contribution in [2.45, 2.75) is 26.3 Å². The third-order valence-corrected chi connectivity index (χ3v) is 2.27. The van der Waals surface area contributed by atoms with Crippen molar-refractivity contribution in [3.05, 3.63) is 29.8 Å². The molecule has 0 spiro atoms. The van der Waals surface area contributed by atoms with Crippen LogP contribution >= 0.6 is 0 Å². The van der Waals surface area contributed by atoms with E-state index in [4.69, 9.17) is 9.84 Å². The second-order valence-corrected chi connectivity index (χ2v) is 4.07. The predicted octanol–water partition coefficient (Wildman–Crippen LogP) is 1.26. The van der Waals surface area contributed by atoms with Crippen LogP contribution in [0.2, 0.25) is 0 Å². The van der Waals surface area contributed by atoms with Crippen molar-refractivity contribution in [1.82, 2.24) is 5.32 Å². The lowest BCUT2D eigenvalue weighted by atomic mass is 10.2. The van der Waals surface area contributed by atoms with Crippen molar-refractivity contribution < 1.29 is 14.6 Å². The fraction of sp³-hybridized carbons (Fsp3) is 0.462. The summed E-state index contributed by atoms with van der Waals surface area (Å²) in [6, 6.07) is 7.48. The number of amides is 1. The van der Waals surface area contributed by atoms with Gasteiger partial charge in [-0.05, 0) is 31.5 Å². The van der Waals surface area contributed by atoms with Crippen LogP contribution in [0.25, 0.3) is 0 Å². The Hall–Kier alpha value is -1.55. The topological polar surface area (TPSA) is 58.6 Å². The molecule has 1 amide bonds. The Balaban J connectivity index is 2.26. The zero-order valence-corrected chi connectivity index (χ0v) is 10.3. The van der Waals surface area contributed by atoms with E-state index < -0.39 is 0 Å². The first-order valence-electron chi connectivity index (χ1n) is 5.71. The molecule has 0 bridgehead atoms. The molecular weight excluding hydrogens is 218 g/mol. The smallest absolute Gasteiger partial charge is 0.223 e. The molecule has 0 aromatic heterocycles. The fourth-order valence-electron chi connectivity index (χ4n) is 1.36. The van der Waals surface area contributed by atoms with Gasteiger partial charge in [0.25, 0.3) is 0 Å². The highest BCUT2D eigenvalue weighted by Crippen LogP contribution is 2.12. The van der Waals surface area contributed by atoms with Crippen LogP contribution in [0.15, 0.2) is 24.3 Å². The number of nitrogens with one attached hydrogen (secondary N) is 1. The molecule has 4 heteroatoms. The van der Waals surface area contributed by atoms with Crippen LogP contribution < -0.4 is 10.1 Å². The van der Waals surface area contributed by atoms with E-state index >= 15 is 0 Å². The van der Waals surface area contributed by atoms with Crippen molar-refractivity contribution in [2.75, 3.05) is 13.2 Å². The standard InChI is InChI=1S/C13H19NO3/c1-10-4-3-5-12(8-10)17-7-6-13(16)14-11(2)9-15/h3-5,8,11,15H,6-7,9H2,1-2H3,(H,14,16)/t11-/m1/s1. The summed E-state index contributed by atoms with van der Waals surface area (Å²) < 4.78 is 5.45. The van der Waals surface area contributed by atoms with Gasteiger partial charge in [0.1, 0.15) is 5.75 Å². The average molecular weight is 237 g/mol. The van der Waals surface area contributed by atoms with E-state index in [1.807, 2.05) is 31.2 Å². The highest BCUT2D eigenvalue weighted by atomic mass is 16.5. The molecule has 0 aliphatic heterocycles. The van der Waals surface area contributed by atoms with Crippen LogP contribution in [0.1, 0.15) is 18.9 Å². The number of carbonyl (C=O) groups is 1.